The summed E-state index contributed by atoms with van der Waals surface area (Å²) in [5.41, 5.74) is -0.387. The summed E-state index contributed by atoms with van der Waals surface area (Å²) in [6.07, 6.45) is 3.84. The van der Waals surface area contributed by atoms with Crippen LogP contribution in [0.25, 0.3) is 0 Å². The van der Waals surface area contributed by atoms with Crippen molar-refractivity contribution in [2.24, 2.45) is 0 Å². The molecule has 0 radical (unpaired) electrons. The Bertz CT molecular complexity index is 1040. The van der Waals surface area contributed by atoms with E-state index in [1.807, 2.05) is 12.3 Å². The van der Waals surface area contributed by atoms with Gasteiger partial charge in [-0.3, -0.25) is 14.9 Å². The van der Waals surface area contributed by atoms with E-state index >= 15 is 0 Å². The number of rotatable bonds is 7. The molecular weight excluding hydrogens is 440 g/mol. The minimum Gasteiger partial charge on any atom is -0.452 e. The summed E-state index contributed by atoms with van der Waals surface area (Å²) < 4.78 is 5.67. The van der Waals surface area contributed by atoms with Crippen LogP contribution < -0.4 is 5.32 Å². The number of carbonyl (C=O) groups is 2. The zero-order valence-corrected chi connectivity index (χ0v) is 18.4. The second-order valence-electron chi connectivity index (χ2n) is 7.18. The first-order chi connectivity index (χ1) is 14.8. The van der Waals surface area contributed by atoms with E-state index in [-0.39, 0.29) is 11.3 Å². The van der Waals surface area contributed by atoms with Gasteiger partial charge in [-0.05, 0) is 31.9 Å². The van der Waals surface area contributed by atoms with Gasteiger partial charge >= 0.3 is 5.97 Å². The summed E-state index contributed by atoms with van der Waals surface area (Å²) in [5, 5.41) is 25.4. The molecule has 9 nitrogen and oxygen atoms in total. The fraction of sp³-hybridized carbons (Fsp3) is 0.400. The van der Waals surface area contributed by atoms with Crippen LogP contribution in [0.3, 0.4) is 0 Å². The van der Waals surface area contributed by atoms with Gasteiger partial charge < -0.3 is 10.1 Å². The number of nitro groups is 1. The molecule has 1 fully saturated rings. The number of hydrogen-bond donors (Lipinski definition) is 1. The number of benzene rings is 1. The lowest BCUT2D eigenvalue weighted by Gasteiger charge is -2.31. The first-order valence-electron chi connectivity index (χ1n) is 9.60. The highest BCUT2D eigenvalue weighted by Gasteiger charge is 2.33. The summed E-state index contributed by atoms with van der Waals surface area (Å²) in [4.78, 5) is 40.0. The summed E-state index contributed by atoms with van der Waals surface area (Å²) >= 11 is 2.51. The van der Waals surface area contributed by atoms with Gasteiger partial charge in [-0.15, -0.1) is 11.3 Å². The maximum atomic E-state index is 12.3. The third-order valence-corrected chi connectivity index (χ3v) is 6.94. The first-order valence-corrected chi connectivity index (χ1v) is 11.3. The normalized spacial score (nSPS) is 15.0. The van der Waals surface area contributed by atoms with Gasteiger partial charge in [0.15, 0.2) is 10.9 Å². The number of aryl methyl sites for hydroxylation is 1. The van der Waals surface area contributed by atoms with E-state index in [1.165, 1.54) is 23.5 Å². The molecule has 3 rings (SSSR count). The number of thiazole rings is 1. The van der Waals surface area contributed by atoms with Crippen LogP contribution >= 0.6 is 23.1 Å². The number of carbonyl (C=O) groups excluding carboxylic acids is 2. The SMILES string of the molecule is Cc1csc(Sc2ccc(C(=O)OCC(=O)NC3(C#N)CCCCC3)cc2[N+](=O)[O-])n1. The lowest BCUT2D eigenvalue weighted by Crippen LogP contribution is -2.50. The first kappa shape index (κ1) is 22.7. The molecule has 1 aliphatic rings. The molecule has 0 unspecified atom stereocenters. The molecule has 2 aromatic rings. The monoisotopic (exact) mass is 460 g/mol. The van der Waals surface area contributed by atoms with E-state index in [4.69, 9.17) is 4.74 Å². The molecule has 0 spiro atoms. The minimum absolute atomic E-state index is 0.0353. The standard InChI is InChI=1S/C20H20N4O5S2/c1-13-11-30-19(22-13)31-16-6-5-14(9-15(16)24(27)28)18(26)29-10-17(25)23-20(12-21)7-3-2-4-8-20/h5-6,9,11H,2-4,7-8,10H2,1H3,(H,23,25). The second kappa shape index (κ2) is 9.89. The van der Waals surface area contributed by atoms with Gasteiger partial charge in [0.05, 0.1) is 21.5 Å². The second-order valence-corrected chi connectivity index (χ2v) is 9.32. The molecule has 1 aromatic heterocycles. The lowest BCUT2D eigenvalue weighted by atomic mass is 9.83. The van der Waals surface area contributed by atoms with E-state index in [2.05, 4.69) is 16.4 Å². The Hall–Kier alpha value is -2.97. The van der Waals surface area contributed by atoms with Gasteiger partial charge in [0.1, 0.15) is 5.54 Å². The molecule has 0 aliphatic heterocycles. The molecule has 0 atom stereocenters. The van der Waals surface area contributed by atoms with Crippen molar-refractivity contribution in [1.82, 2.24) is 10.3 Å². The minimum atomic E-state index is -0.923. The Labute approximate surface area is 187 Å². The molecular formula is C20H20N4O5S2. The zero-order chi connectivity index (χ0) is 22.4. The van der Waals surface area contributed by atoms with Crippen molar-refractivity contribution in [3.63, 3.8) is 0 Å². The molecule has 31 heavy (non-hydrogen) atoms. The smallest absolute Gasteiger partial charge is 0.338 e. The maximum Gasteiger partial charge on any atom is 0.338 e. The highest BCUT2D eigenvalue weighted by Crippen LogP contribution is 2.37. The molecule has 1 aliphatic carbocycles. The van der Waals surface area contributed by atoms with E-state index in [0.29, 0.717) is 22.1 Å². The van der Waals surface area contributed by atoms with E-state index < -0.39 is 28.9 Å². The number of nitro benzene ring substituents is 1. The van der Waals surface area contributed by atoms with Gasteiger partial charge in [-0.1, -0.05) is 31.0 Å². The van der Waals surface area contributed by atoms with Crippen LogP contribution in [-0.4, -0.2) is 33.9 Å². The third kappa shape index (κ3) is 5.80. The highest BCUT2D eigenvalue weighted by atomic mass is 32.2. The average molecular weight is 461 g/mol. The summed E-state index contributed by atoms with van der Waals surface area (Å²) in [6, 6.07) is 6.16. The molecule has 1 saturated carbocycles. The van der Waals surface area contributed by atoms with Gasteiger partial charge in [-0.2, -0.15) is 5.26 Å². The van der Waals surface area contributed by atoms with Crippen LogP contribution in [0.5, 0.6) is 0 Å². The van der Waals surface area contributed by atoms with Crippen molar-refractivity contribution in [2.75, 3.05) is 6.61 Å². The number of nitrogens with one attached hydrogen (secondary N) is 1. The quantitative estimate of drug-likeness (QED) is 0.372. The van der Waals surface area contributed by atoms with E-state index in [0.717, 1.165) is 42.8 Å². The van der Waals surface area contributed by atoms with Crippen molar-refractivity contribution in [1.29, 1.82) is 5.26 Å². The fourth-order valence-electron chi connectivity index (χ4n) is 3.28. The molecule has 0 saturated heterocycles. The van der Waals surface area contributed by atoms with Gasteiger partial charge in [0.25, 0.3) is 11.6 Å². The predicted octanol–water partition coefficient (Wildman–Crippen LogP) is 4.01. The van der Waals surface area contributed by atoms with Crippen molar-refractivity contribution < 1.29 is 19.2 Å². The van der Waals surface area contributed by atoms with Crippen molar-refractivity contribution in [3.05, 3.63) is 45.0 Å². The number of aromatic nitrogens is 1. The average Bonchev–Trinajstić information content (AvgIpc) is 3.17. The third-order valence-electron chi connectivity index (χ3n) is 4.82. The molecule has 11 heteroatoms. The summed E-state index contributed by atoms with van der Waals surface area (Å²) in [7, 11) is 0. The maximum absolute atomic E-state index is 12.3. The Morgan fingerprint density at radius 2 is 2.13 bits per heavy atom. The largest absolute Gasteiger partial charge is 0.452 e. The Balaban J connectivity index is 1.64. The number of esters is 1. The Morgan fingerprint density at radius 1 is 1.39 bits per heavy atom. The fourth-order valence-corrected chi connectivity index (χ4v) is 5.16. The van der Waals surface area contributed by atoms with Gasteiger partial charge in [-0.25, -0.2) is 9.78 Å². The van der Waals surface area contributed by atoms with Gasteiger partial charge in [0.2, 0.25) is 0 Å². The van der Waals surface area contributed by atoms with Gasteiger partial charge in [0, 0.05) is 17.1 Å². The number of nitrogens with zero attached hydrogens (tertiary/aromatic N) is 3. The Morgan fingerprint density at radius 3 is 2.74 bits per heavy atom. The Kier molecular flexibility index (Phi) is 7.25. The van der Waals surface area contributed by atoms with Crippen LogP contribution in [0.1, 0.15) is 48.2 Å². The van der Waals surface area contributed by atoms with Crippen molar-refractivity contribution >= 4 is 40.7 Å². The molecule has 1 aromatic carbocycles. The molecule has 1 N–H and O–H groups in total. The number of hydrogen-bond acceptors (Lipinski definition) is 9. The molecule has 1 amide bonds. The number of nitriles is 1. The number of ether oxygens (including phenoxy) is 1. The highest BCUT2D eigenvalue weighted by molar-refractivity contribution is 8.01. The predicted molar refractivity (Wildman–Crippen MR) is 114 cm³/mol. The topological polar surface area (TPSA) is 135 Å². The number of amides is 1. The van der Waals surface area contributed by atoms with Crippen LogP contribution in [0, 0.1) is 28.4 Å². The van der Waals surface area contributed by atoms with Crippen molar-refractivity contribution in [3.8, 4) is 6.07 Å². The lowest BCUT2D eigenvalue weighted by molar-refractivity contribution is -0.387. The summed E-state index contributed by atoms with van der Waals surface area (Å²) in [6.45, 7) is 1.27. The van der Waals surface area contributed by atoms with Crippen LogP contribution in [-0.2, 0) is 9.53 Å². The van der Waals surface area contributed by atoms with E-state index in [1.54, 1.807) is 0 Å². The molecule has 0 bridgehead atoms. The van der Waals surface area contributed by atoms with Crippen molar-refractivity contribution in [2.45, 2.75) is 53.8 Å². The molecule has 1 heterocycles. The van der Waals surface area contributed by atoms with Crippen LogP contribution in [0.15, 0.2) is 32.8 Å². The van der Waals surface area contributed by atoms with E-state index in [9.17, 15) is 25.0 Å². The van der Waals surface area contributed by atoms with Crippen LogP contribution in [0.4, 0.5) is 5.69 Å². The zero-order valence-electron chi connectivity index (χ0n) is 16.8. The molecule has 162 valence electrons. The van der Waals surface area contributed by atoms with Crippen LogP contribution in [0.2, 0.25) is 0 Å². The summed E-state index contributed by atoms with van der Waals surface area (Å²) in [5.74, 6) is -1.42.